The van der Waals surface area contributed by atoms with Crippen molar-refractivity contribution in [3.8, 4) is 0 Å². The molecule has 2 heteroatoms. The molecule has 2 nitrogen and oxygen atoms in total. The number of allylic oxidation sites excluding steroid dienone is 3. The molecule has 3 rings (SSSR count). The molecule has 1 aromatic carbocycles. The molecule has 0 radical (unpaired) electrons. The van der Waals surface area contributed by atoms with Gasteiger partial charge in [0.15, 0.2) is 0 Å². The summed E-state index contributed by atoms with van der Waals surface area (Å²) in [6.07, 6.45) is 21.5. The van der Waals surface area contributed by atoms with Crippen molar-refractivity contribution in [1.82, 2.24) is 0 Å². The number of nitrogens with two attached hydrogens (primary N) is 2. The predicted molar refractivity (Wildman–Crippen MR) is 149 cm³/mol. The summed E-state index contributed by atoms with van der Waals surface area (Å²) in [7, 11) is 0. The summed E-state index contributed by atoms with van der Waals surface area (Å²) in [5.74, 6) is 0.271. The molecule has 34 heavy (non-hydrogen) atoms. The van der Waals surface area contributed by atoms with Crippen molar-refractivity contribution in [2.75, 3.05) is 0 Å². The van der Waals surface area contributed by atoms with Gasteiger partial charge in [0.1, 0.15) is 0 Å². The predicted octanol–water partition coefficient (Wildman–Crippen LogP) is 7.30. The minimum absolute atomic E-state index is 0.0514. The van der Waals surface area contributed by atoms with Crippen LogP contribution < -0.4 is 11.5 Å². The molecule has 3 unspecified atom stereocenters. The zero-order valence-corrected chi connectivity index (χ0v) is 21.9. The van der Waals surface area contributed by atoms with Crippen LogP contribution in [0.3, 0.4) is 0 Å². The van der Waals surface area contributed by atoms with E-state index in [9.17, 15) is 0 Å². The Morgan fingerprint density at radius 1 is 1.06 bits per heavy atom. The standard InChI is InChI=1S/C32H48N2/c1-5-11-23(4)28-21-19-25(30(13-7-3)32(28)34)15-10-8-9-14-24-16-17-26-18-20-27(33)22-31(26)29(24)12-6-2/h7,16-17,19,21,27-28,32H,3-6,8-15,18,20,22,33-34H2,1-2H3. The molecule has 2 aliphatic carbocycles. The smallest absolute Gasteiger partial charge is 0.0364 e. The number of hydrogen-bond donors (Lipinski definition) is 2. The summed E-state index contributed by atoms with van der Waals surface area (Å²) in [6.45, 7) is 12.8. The van der Waals surface area contributed by atoms with E-state index in [1.54, 1.807) is 22.3 Å². The van der Waals surface area contributed by atoms with E-state index in [1.807, 2.05) is 6.08 Å². The summed E-state index contributed by atoms with van der Waals surface area (Å²) in [4.78, 5) is 0. The van der Waals surface area contributed by atoms with Gasteiger partial charge in [0.2, 0.25) is 0 Å². The summed E-state index contributed by atoms with van der Waals surface area (Å²) in [5.41, 5.74) is 23.4. The van der Waals surface area contributed by atoms with E-state index in [0.717, 1.165) is 44.9 Å². The van der Waals surface area contributed by atoms with E-state index in [1.165, 1.54) is 55.2 Å². The molecule has 0 saturated carbocycles. The van der Waals surface area contributed by atoms with E-state index in [2.05, 4.69) is 51.3 Å². The van der Waals surface area contributed by atoms with Crippen molar-refractivity contribution in [3.05, 3.63) is 82.5 Å². The van der Waals surface area contributed by atoms with Gasteiger partial charge in [-0.05, 0) is 97.6 Å². The second-order valence-electron chi connectivity index (χ2n) is 10.5. The molecular formula is C32H48N2. The van der Waals surface area contributed by atoms with E-state index in [-0.39, 0.29) is 12.0 Å². The highest BCUT2D eigenvalue weighted by atomic mass is 14.7. The largest absolute Gasteiger partial charge is 0.327 e. The quantitative estimate of drug-likeness (QED) is 0.240. The third kappa shape index (κ3) is 6.61. The SMILES string of the molecule is C=CCC1=C(CCCCCc2ccc3c(c2CCC)CC(N)CC3)C=CC(C(=C)CCC)C1N. The van der Waals surface area contributed by atoms with E-state index in [4.69, 9.17) is 11.5 Å². The van der Waals surface area contributed by atoms with Crippen molar-refractivity contribution < 1.29 is 0 Å². The number of unbranched alkanes of at least 4 members (excludes halogenated alkanes) is 2. The lowest BCUT2D eigenvalue weighted by Gasteiger charge is -2.30. The fraction of sp³-hybridized carbons (Fsp3) is 0.562. The molecule has 0 aliphatic heterocycles. The lowest BCUT2D eigenvalue weighted by Crippen LogP contribution is -2.34. The van der Waals surface area contributed by atoms with Crippen LogP contribution in [-0.2, 0) is 25.7 Å². The minimum atomic E-state index is 0.0514. The second kappa shape index (κ2) is 13.3. The fourth-order valence-electron chi connectivity index (χ4n) is 6.01. The summed E-state index contributed by atoms with van der Waals surface area (Å²) >= 11 is 0. The molecule has 4 N–H and O–H groups in total. The van der Waals surface area contributed by atoms with Gasteiger partial charge in [-0.3, -0.25) is 0 Å². The molecule has 186 valence electrons. The fourth-order valence-corrected chi connectivity index (χ4v) is 6.01. The number of aryl methyl sites for hydroxylation is 2. The molecule has 0 heterocycles. The van der Waals surface area contributed by atoms with Crippen molar-refractivity contribution >= 4 is 0 Å². The van der Waals surface area contributed by atoms with Crippen LogP contribution in [0, 0.1) is 5.92 Å². The third-order valence-electron chi connectivity index (χ3n) is 7.88. The van der Waals surface area contributed by atoms with Crippen LogP contribution in [0.15, 0.2) is 60.2 Å². The normalized spacial score (nSPS) is 22.1. The Morgan fingerprint density at radius 2 is 1.85 bits per heavy atom. The first-order valence-electron chi connectivity index (χ1n) is 13.8. The maximum absolute atomic E-state index is 6.72. The molecule has 1 aromatic rings. The Bertz CT molecular complexity index is 904. The van der Waals surface area contributed by atoms with Gasteiger partial charge < -0.3 is 11.5 Å². The highest BCUT2D eigenvalue weighted by Crippen LogP contribution is 2.34. The maximum atomic E-state index is 6.72. The van der Waals surface area contributed by atoms with Crippen molar-refractivity contribution in [2.24, 2.45) is 17.4 Å². The maximum Gasteiger partial charge on any atom is 0.0364 e. The summed E-state index contributed by atoms with van der Waals surface area (Å²) < 4.78 is 0. The second-order valence-corrected chi connectivity index (χ2v) is 10.5. The average Bonchev–Trinajstić information content (AvgIpc) is 2.82. The zero-order chi connectivity index (χ0) is 24.5. The molecular weight excluding hydrogens is 412 g/mol. The topological polar surface area (TPSA) is 52.0 Å². The van der Waals surface area contributed by atoms with Gasteiger partial charge in [-0.25, -0.2) is 0 Å². The van der Waals surface area contributed by atoms with Crippen LogP contribution in [0.4, 0.5) is 0 Å². The molecule has 0 bridgehead atoms. The highest BCUT2D eigenvalue weighted by Gasteiger charge is 2.26. The Labute approximate surface area is 209 Å². The van der Waals surface area contributed by atoms with Crippen molar-refractivity contribution in [2.45, 2.75) is 109 Å². The highest BCUT2D eigenvalue weighted by molar-refractivity contribution is 5.44. The van der Waals surface area contributed by atoms with Gasteiger partial charge in [-0.1, -0.05) is 75.6 Å². The van der Waals surface area contributed by atoms with Crippen LogP contribution >= 0.6 is 0 Å². The Balaban J connectivity index is 1.58. The number of rotatable bonds is 13. The minimum Gasteiger partial charge on any atom is -0.327 e. The Kier molecular flexibility index (Phi) is 10.4. The number of benzene rings is 1. The zero-order valence-electron chi connectivity index (χ0n) is 21.9. The van der Waals surface area contributed by atoms with Crippen LogP contribution in [-0.4, -0.2) is 12.1 Å². The van der Waals surface area contributed by atoms with Gasteiger partial charge in [-0.15, -0.1) is 6.58 Å². The van der Waals surface area contributed by atoms with Gasteiger partial charge in [0, 0.05) is 18.0 Å². The number of hydrogen-bond acceptors (Lipinski definition) is 2. The lowest BCUT2D eigenvalue weighted by molar-refractivity contribution is 0.569. The summed E-state index contributed by atoms with van der Waals surface area (Å²) in [6, 6.07) is 5.19. The molecule has 3 atom stereocenters. The summed E-state index contributed by atoms with van der Waals surface area (Å²) in [5, 5.41) is 0. The Morgan fingerprint density at radius 3 is 2.59 bits per heavy atom. The van der Waals surface area contributed by atoms with Gasteiger partial charge in [0.05, 0.1) is 0 Å². The van der Waals surface area contributed by atoms with E-state index in [0.29, 0.717) is 6.04 Å². The first-order valence-corrected chi connectivity index (χ1v) is 13.8. The third-order valence-corrected chi connectivity index (χ3v) is 7.88. The molecule has 0 spiro atoms. The van der Waals surface area contributed by atoms with Crippen molar-refractivity contribution in [1.29, 1.82) is 0 Å². The first kappa shape index (κ1) is 26.7. The van der Waals surface area contributed by atoms with Gasteiger partial charge in [-0.2, -0.15) is 0 Å². The van der Waals surface area contributed by atoms with Gasteiger partial charge in [0.25, 0.3) is 0 Å². The molecule has 2 aliphatic rings. The van der Waals surface area contributed by atoms with E-state index >= 15 is 0 Å². The van der Waals surface area contributed by atoms with Crippen molar-refractivity contribution in [3.63, 3.8) is 0 Å². The first-order chi connectivity index (χ1) is 16.5. The van der Waals surface area contributed by atoms with E-state index < -0.39 is 0 Å². The monoisotopic (exact) mass is 460 g/mol. The molecule has 0 amide bonds. The van der Waals surface area contributed by atoms with Gasteiger partial charge >= 0.3 is 0 Å². The molecule has 0 aromatic heterocycles. The molecule has 0 fully saturated rings. The molecule has 0 saturated heterocycles. The van der Waals surface area contributed by atoms with Crippen LogP contribution in [0.25, 0.3) is 0 Å². The van der Waals surface area contributed by atoms with Crippen LogP contribution in [0.5, 0.6) is 0 Å². The Hall–Kier alpha value is -1.90. The van der Waals surface area contributed by atoms with Crippen LogP contribution in [0.1, 0.15) is 93.9 Å². The number of fused-ring (bicyclic) bond motifs is 1. The average molecular weight is 461 g/mol. The lowest BCUT2D eigenvalue weighted by atomic mass is 9.78. The van der Waals surface area contributed by atoms with Crippen LogP contribution in [0.2, 0.25) is 0 Å².